The van der Waals surface area contributed by atoms with E-state index in [4.69, 9.17) is 29.4 Å². The fourth-order valence-electron chi connectivity index (χ4n) is 8.07. The van der Waals surface area contributed by atoms with Gasteiger partial charge in [-0.05, 0) is 92.0 Å². The lowest BCUT2D eigenvalue weighted by molar-refractivity contribution is 0.0788. The summed E-state index contributed by atoms with van der Waals surface area (Å²) in [6.45, 7) is 3.50. The second kappa shape index (κ2) is 17.3. The average Bonchev–Trinajstić information content (AvgIpc) is 3.82. The normalized spacial score (nSPS) is 18.0. The number of hydrogen-bond donors (Lipinski definition) is 3. The van der Waals surface area contributed by atoms with Gasteiger partial charge in [-0.25, -0.2) is 0 Å². The lowest BCUT2D eigenvalue weighted by Crippen LogP contribution is -2.34. The van der Waals surface area contributed by atoms with Gasteiger partial charge in [0.05, 0.1) is 68.6 Å². The molecule has 2 atom stereocenters. The predicted octanol–water partition coefficient (Wildman–Crippen LogP) is 6.83. The minimum Gasteiger partial charge on any atom is -0.494 e. The zero-order valence-corrected chi connectivity index (χ0v) is 34.1. The van der Waals surface area contributed by atoms with E-state index >= 15 is 0 Å². The van der Waals surface area contributed by atoms with Gasteiger partial charge in [-0.2, -0.15) is 0 Å². The third kappa shape index (κ3) is 8.47. The van der Waals surface area contributed by atoms with Crippen LogP contribution in [0.1, 0.15) is 57.5 Å². The number of nitrogen functional groups attached to an aromatic ring is 1. The highest BCUT2D eigenvalue weighted by atomic mass is 16.5. The maximum atomic E-state index is 13.9. The number of fused-ring (bicyclic) bond motifs is 4. The smallest absolute Gasteiger partial charge is 0.260 e. The first kappa shape index (κ1) is 39.5. The second-order valence-electron chi connectivity index (χ2n) is 15.5. The third-order valence-electron chi connectivity index (χ3n) is 11.2. The maximum Gasteiger partial charge on any atom is 0.260 e. The zero-order chi connectivity index (χ0) is 41.0. The topological polar surface area (TPSA) is 140 Å². The van der Waals surface area contributed by atoms with Gasteiger partial charge in [0.25, 0.3) is 11.8 Å². The van der Waals surface area contributed by atoms with Crippen molar-refractivity contribution in [1.82, 2.24) is 14.7 Å². The molecule has 13 heteroatoms. The first-order chi connectivity index (χ1) is 28.7. The summed E-state index contributed by atoms with van der Waals surface area (Å²) in [5.41, 5.74) is 13.4. The Balaban J connectivity index is 0.872. The number of amides is 2. The molecule has 4 heterocycles. The highest BCUT2D eigenvalue weighted by Crippen LogP contribution is 2.41. The number of nitrogens with one attached hydrogen (secondary N) is 2. The molecule has 308 valence electrons. The predicted molar refractivity (Wildman–Crippen MR) is 230 cm³/mol. The van der Waals surface area contributed by atoms with Crippen molar-refractivity contribution in [2.24, 2.45) is 0 Å². The summed E-state index contributed by atoms with van der Waals surface area (Å²) in [4.78, 5) is 33.5. The molecule has 2 amide bonds. The van der Waals surface area contributed by atoms with Crippen LogP contribution in [0.5, 0.6) is 28.7 Å². The highest BCUT2D eigenvalue weighted by Gasteiger charge is 2.36. The van der Waals surface area contributed by atoms with E-state index in [1.807, 2.05) is 65.8 Å². The lowest BCUT2D eigenvalue weighted by Gasteiger charge is -2.20. The van der Waals surface area contributed by atoms with E-state index in [-0.39, 0.29) is 23.9 Å². The number of carbonyl (C=O) groups excluding carboxylic acids is 2. The molecule has 4 aromatic rings. The molecular weight excluding hydrogens is 749 g/mol. The molecule has 13 nitrogen and oxygen atoms in total. The fraction of sp³-hybridized carbons (Fsp3) is 0.348. The van der Waals surface area contributed by atoms with Crippen molar-refractivity contribution < 1.29 is 33.3 Å². The van der Waals surface area contributed by atoms with Crippen molar-refractivity contribution in [3.8, 4) is 28.7 Å². The van der Waals surface area contributed by atoms with Crippen LogP contribution >= 0.6 is 0 Å². The van der Waals surface area contributed by atoms with Gasteiger partial charge in [-0.3, -0.25) is 9.59 Å². The fourth-order valence-corrected chi connectivity index (χ4v) is 8.07. The maximum absolute atomic E-state index is 13.9. The van der Waals surface area contributed by atoms with Crippen LogP contribution in [0.4, 0.5) is 17.1 Å². The summed E-state index contributed by atoms with van der Waals surface area (Å²) < 4.78 is 29.7. The molecule has 4 N–H and O–H groups in total. The number of nitrogens with two attached hydrogens (primary N) is 1. The molecule has 4 aliphatic heterocycles. The van der Waals surface area contributed by atoms with Crippen LogP contribution in [0.3, 0.4) is 0 Å². The van der Waals surface area contributed by atoms with Crippen molar-refractivity contribution in [2.45, 2.75) is 37.8 Å². The Labute approximate surface area is 345 Å². The Morgan fingerprint density at radius 1 is 0.661 bits per heavy atom. The van der Waals surface area contributed by atoms with Crippen molar-refractivity contribution in [2.75, 3.05) is 84.1 Å². The van der Waals surface area contributed by atoms with Gasteiger partial charge in [0, 0.05) is 56.3 Å². The molecule has 0 fully saturated rings. The van der Waals surface area contributed by atoms with Crippen LogP contribution in [0.25, 0.3) is 11.1 Å². The van der Waals surface area contributed by atoms with Crippen LogP contribution < -0.4 is 40.1 Å². The Hall–Kier alpha value is -6.34. The second-order valence-corrected chi connectivity index (χ2v) is 15.5. The molecule has 0 saturated carbocycles. The molecule has 0 bridgehead atoms. The summed E-state index contributed by atoms with van der Waals surface area (Å²) in [6.07, 6.45) is 6.88. The number of methoxy groups -OCH3 is 2. The van der Waals surface area contributed by atoms with Crippen molar-refractivity contribution in [3.05, 3.63) is 107 Å². The zero-order valence-electron chi connectivity index (χ0n) is 34.1. The Kier molecular flexibility index (Phi) is 11.5. The van der Waals surface area contributed by atoms with Gasteiger partial charge >= 0.3 is 0 Å². The molecule has 4 aliphatic rings. The minimum atomic E-state index is -0.0988. The molecule has 0 unspecified atom stereocenters. The summed E-state index contributed by atoms with van der Waals surface area (Å²) in [7, 11) is 7.25. The highest BCUT2D eigenvalue weighted by molar-refractivity contribution is 6.04. The number of nitrogens with zero attached hydrogens (tertiary/aromatic N) is 3. The first-order valence-corrected chi connectivity index (χ1v) is 20.2. The average molecular weight is 801 g/mol. The molecule has 0 aromatic heterocycles. The summed E-state index contributed by atoms with van der Waals surface area (Å²) in [6, 6.07) is 23.0. The van der Waals surface area contributed by atoms with Crippen LogP contribution in [0.2, 0.25) is 0 Å². The molecule has 0 spiro atoms. The lowest BCUT2D eigenvalue weighted by atomic mass is 10.0. The van der Waals surface area contributed by atoms with Crippen molar-refractivity contribution in [1.29, 1.82) is 0 Å². The van der Waals surface area contributed by atoms with Crippen molar-refractivity contribution in [3.63, 3.8) is 0 Å². The van der Waals surface area contributed by atoms with E-state index in [1.165, 1.54) is 0 Å². The molecule has 0 aliphatic carbocycles. The van der Waals surface area contributed by atoms with Gasteiger partial charge in [0.2, 0.25) is 0 Å². The Morgan fingerprint density at radius 2 is 1.20 bits per heavy atom. The number of benzene rings is 4. The summed E-state index contributed by atoms with van der Waals surface area (Å²) in [5.74, 6) is 2.67. The molecule has 8 rings (SSSR count). The van der Waals surface area contributed by atoms with E-state index in [0.717, 1.165) is 53.8 Å². The first-order valence-electron chi connectivity index (χ1n) is 20.2. The van der Waals surface area contributed by atoms with Crippen LogP contribution in [-0.2, 0) is 0 Å². The molecule has 0 saturated heterocycles. The molecule has 4 aromatic carbocycles. The Bertz CT molecular complexity index is 2270. The number of rotatable bonds is 15. The number of carbonyl (C=O) groups is 2. The molecule has 59 heavy (non-hydrogen) atoms. The monoisotopic (exact) mass is 800 g/mol. The van der Waals surface area contributed by atoms with Gasteiger partial charge < -0.3 is 54.8 Å². The van der Waals surface area contributed by atoms with Crippen LogP contribution in [-0.4, -0.2) is 106 Å². The molecule has 0 radical (unpaired) electrons. The largest absolute Gasteiger partial charge is 0.494 e. The van der Waals surface area contributed by atoms with E-state index < -0.39 is 0 Å². The SMILES string of the molecule is COc1cc2c(cc1OCCCOc1cc3c(cc1OC)C(=O)N1C=C(c4cccc(N)c4)C[C@H]1CN3)NC[C@@H]1CC(c3ccc(OCCCN(C)C)cc3)=CN1C2=O. The van der Waals surface area contributed by atoms with Gasteiger partial charge in [0.1, 0.15) is 5.75 Å². The number of ether oxygens (including phenoxy) is 5. The molecular formula is C46H52N6O7. The van der Waals surface area contributed by atoms with E-state index in [9.17, 15) is 9.59 Å². The summed E-state index contributed by atoms with van der Waals surface area (Å²) in [5, 5.41) is 6.96. The Morgan fingerprint density at radius 3 is 1.73 bits per heavy atom. The number of hydrogen-bond acceptors (Lipinski definition) is 11. The van der Waals surface area contributed by atoms with E-state index in [0.29, 0.717) is 90.5 Å². The van der Waals surface area contributed by atoms with Crippen molar-refractivity contribution >= 4 is 40.0 Å². The van der Waals surface area contributed by atoms with E-state index in [1.54, 1.807) is 31.3 Å². The number of anilines is 3. The quantitative estimate of drug-likeness (QED) is 0.0862. The standard InChI is InChI=1S/C46H52N6O7/c1-50(2)14-6-15-57-36-12-10-29(11-13-36)31-19-34-25-48-39-23-43(41(55-3)21-37(39)45(53)51(34)27-31)58-16-7-17-59-44-24-40-38(22-42(44)56-4)46(54)52-28-32(20-35(52)26-49-40)30-8-5-9-33(47)18-30/h5,8-13,18,21-24,27-28,34-35,48-49H,6-7,14-17,19-20,25-26,47H2,1-4H3/t34-,35-/m0/s1. The van der Waals surface area contributed by atoms with Gasteiger partial charge in [-0.1, -0.05) is 24.3 Å². The van der Waals surface area contributed by atoms with Crippen LogP contribution in [0.15, 0.2) is 85.2 Å². The summed E-state index contributed by atoms with van der Waals surface area (Å²) >= 11 is 0. The van der Waals surface area contributed by atoms with Gasteiger partial charge in [-0.15, -0.1) is 0 Å². The van der Waals surface area contributed by atoms with Crippen LogP contribution in [0, 0.1) is 0 Å². The third-order valence-corrected chi connectivity index (χ3v) is 11.2. The van der Waals surface area contributed by atoms with Gasteiger partial charge in [0.15, 0.2) is 23.0 Å². The minimum absolute atomic E-state index is 0.0283. The van der Waals surface area contributed by atoms with E-state index in [2.05, 4.69) is 41.8 Å².